The van der Waals surface area contributed by atoms with Crippen molar-refractivity contribution in [3.63, 3.8) is 0 Å². The number of hydrazone groups is 1. The van der Waals surface area contributed by atoms with Gasteiger partial charge in [0.1, 0.15) is 29.4 Å². The van der Waals surface area contributed by atoms with E-state index in [1.807, 2.05) is 84.9 Å². The van der Waals surface area contributed by atoms with Crippen LogP contribution in [0.25, 0.3) is 28.2 Å². The molecule has 0 aliphatic heterocycles. The number of hydrogen-bond acceptors (Lipinski definition) is 10. The lowest BCUT2D eigenvalue weighted by Gasteiger charge is -2.09. The fourth-order valence-corrected chi connectivity index (χ4v) is 4.15. The highest BCUT2D eigenvalue weighted by molar-refractivity contribution is 5.80. The smallest absolute Gasteiger partial charge is 0.269 e. The van der Waals surface area contributed by atoms with Gasteiger partial charge in [0.2, 0.25) is 0 Å². The highest BCUT2D eigenvalue weighted by Crippen LogP contribution is 2.28. The van der Waals surface area contributed by atoms with E-state index >= 15 is 0 Å². The zero-order valence-electron chi connectivity index (χ0n) is 22.6. The van der Waals surface area contributed by atoms with Gasteiger partial charge in [-0.05, 0) is 42.0 Å². The summed E-state index contributed by atoms with van der Waals surface area (Å²) in [4.78, 5) is 15.1. The van der Waals surface area contributed by atoms with Crippen molar-refractivity contribution in [2.24, 2.45) is 5.10 Å². The van der Waals surface area contributed by atoms with Crippen molar-refractivity contribution in [1.29, 1.82) is 0 Å². The lowest BCUT2D eigenvalue weighted by molar-refractivity contribution is -0.384. The fourth-order valence-electron chi connectivity index (χ4n) is 4.15. The van der Waals surface area contributed by atoms with Gasteiger partial charge in [0, 0.05) is 23.3 Å². The van der Waals surface area contributed by atoms with Crippen LogP contribution in [-0.2, 0) is 6.61 Å². The van der Waals surface area contributed by atoms with Gasteiger partial charge in [-0.3, -0.25) is 10.1 Å². The number of non-ortho nitro benzene ring substituents is 1. The Morgan fingerprint density at radius 2 is 1.49 bits per heavy atom. The average Bonchev–Trinajstić information content (AvgIpc) is 3.54. The van der Waals surface area contributed by atoms with Gasteiger partial charge in [0.15, 0.2) is 0 Å². The minimum Gasteiger partial charge on any atom is -0.487 e. The first kappa shape index (κ1) is 26.9. The molecule has 12 nitrogen and oxygen atoms in total. The van der Waals surface area contributed by atoms with E-state index in [1.54, 1.807) is 24.5 Å². The largest absolute Gasteiger partial charge is 0.487 e. The second kappa shape index (κ2) is 12.5. The van der Waals surface area contributed by atoms with Crippen LogP contribution in [0.5, 0.6) is 5.75 Å². The highest BCUT2D eigenvalue weighted by Gasteiger charge is 2.13. The molecule has 0 amide bonds. The van der Waals surface area contributed by atoms with E-state index in [4.69, 9.17) is 9.72 Å². The second-order valence-corrected chi connectivity index (χ2v) is 9.22. The van der Waals surface area contributed by atoms with Gasteiger partial charge in [-0.1, -0.05) is 65.9 Å². The van der Waals surface area contributed by atoms with Gasteiger partial charge < -0.3 is 4.74 Å². The summed E-state index contributed by atoms with van der Waals surface area (Å²) in [5.41, 5.74) is 8.22. The summed E-state index contributed by atoms with van der Waals surface area (Å²) in [7, 11) is 0. The topological polar surface area (TPSA) is 146 Å². The Morgan fingerprint density at radius 3 is 2.16 bits per heavy atom. The second-order valence-electron chi connectivity index (χ2n) is 9.22. The summed E-state index contributed by atoms with van der Waals surface area (Å²) in [5.74, 6) is 0.919. The van der Waals surface area contributed by atoms with Crippen LogP contribution in [0, 0.1) is 10.1 Å². The van der Waals surface area contributed by atoms with Gasteiger partial charge in [-0.25, -0.2) is 15.1 Å². The third-order valence-electron chi connectivity index (χ3n) is 6.29. The van der Waals surface area contributed by atoms with Crippen LogP contribution in [0.15, 0.2) is 120 Å². The monoisotopic (exact) mass is 569 g/mol. The molecule has 1 N–H and O–H groups in total. The molecule has 0 radical (unpaired) electrons. The zero-order valence-corrected chi connectivity index (χ0v) is 22.6. The normalized spacial score (nSPS) is 11.0. The summed E-state index contributed by atoms with van der Waals surface area (Å²) in [5, 5.41) is 32.0. The predicted molar refractivity (Wildman–Crippen MR) is 161 cm³/mol. The Balaban J connectivity index is 1.07. The van der Waals surface area contributed by atoms with Crippen molar-refractivity contribution in [2.45, 2.75) is 6.61 Å². The van der Waals surface area contributed by atoms with Gasteiger partial charge in [0.25, 0.3) is 11.6 Å². The summed E-state index contributed by atoms with van der Waals surface area (Å²) in [6.07, 6.45) is 3.36. The molecule has 0 fully saturated rings. The molecule has 43 heavy (non-hydrogen) atoms. The Labute approximate surface area is 245 Å². The molecule has 6 aromatic rings. The predicted octanol–water partition coefficient (Wildman–Crippen LogP) is 5.72. The number of anilines is 1. The van der Waals surface area contributed by atoms with E-state index in [0.29, 0.717) is 28.5 Å². The molecule has 4 aromatic carbocycles. The molecule has 0 saturated heterocycles. The van der Waals surface area contributed by atoms with E-state index in [1.165, 1.54) is 16.8 Å². The van der Waals surface area contributed by atoms with E-state index in [2.05, 4.69) is 31.0 Å². The standard InChI is InChI=1S/C31H23N9O3/c41-40(42)27-15-13-26(14-16-27)39-20-25(34-38-39)21-43-28-17-11-22(12-18-28)19-32-36-31-33-29(23-7-3-1-4-8-23)30(35-37-31)24-9-5-2-6-10-24/h1-20H,21H2,(H,33,36,37)/b32-19+. The molecule has 0 saturated carbocycles. The lowest BCUT2D eigenvalue weighted by Crippen LogP contribution is -2.03. The van der Waals surface area contributed by atoms with Crippen molar-refractivity contribution in [2.75, 3.05) is 5.43 Å². The molecular weight excluding hydrogens is 546 g/mol. The van der Waals surface area contributed by atoms with Crippen molar-refractivity contribution in [3.05, 3.63) is 137 Å². The van der Waals surface area contributed by atoms with Crippen LogP contribution in [0.4, 0.5) is 11.6 Å². The molecule has 2 aromatic heterocycles. The number of nitrogens with zero attached hydrogens (tertiary/aromatic N) is 8. The molecule has 0 unspecified atom stereocenters. The van der Waals surface area contributed by atoms with Crippen LogP contribution in [0.3, 0.4) is 0 Å². The van der Waals surface area contributed by atoms with Crippen molar-refractivity contribution >= 4 is 17.9 Å². The first-order chi connectivity index (χ1) is 21.1. The van der Waals surface area contributed by atoms with E-state index in [9.17, 15) is 10.1 Å². The molecule has 0 aliphatic rings. The number of benzene rings is 4. The van der Waals surface area contributed by atoms with Crippen LogP contribution in [0.2, 0.25) is 0 Å². The van der Waals surface area contributed by atoms with Crippen LogP contribution in [-0.4, -0.2) is 41.3 Å². The number of rotatable bonds is 10. The Morgan fingerprint density at radius 1 is 0.814 bits per heavy atom. The molecule has 210 valence electrons. The molecule has 0 aliphatic carbocycles. The van der Waals surface area contributed by atoms with Crippen LogP contribution in [0.1, 0.15) is 11.3 Å². The van der Waals surface area contributed by atoms with Gasteiger partial charge in [-0.2, -0.15) is 5.10 Å². The van der Waals surface area contributed by atoms with Gasteiger partial charge >= 0.3 is 0 Å². The zero-order chi connectivity index (χ0) is 29.4. The van der Waals surface area contributed by atoms with Gasteiger partial charge in [0.05, 0.1) is 23.0 Å². The van der Waals surface area contributed by atoms with E-state index < -0.39 is 4.92 Å². The minimum absolute atomic E-state index is 0.0109. The number of nitro groups is 1. The third-order valence-corrected chi connectivity index (χ3v) is 6.29. The van der Waals surface area contributed by atoms with E-state index in [0.717, 1.165) is 16.7 Å². The van der Waals surface area contributed by atoms with Gasteiger partial charge in [-0.15, -0.1) is 15.3 Å². The third kappa shape index (κ3) is 6.55. The van der Waals surface area contributed by atoms with E-state index in [-0.39, 0.29) is 18.2 Å². The number of aromatic nitrogens is 6. The maximum atomic E-state index is 10.8. The molecule has 0 spiro atoms. The number of ether oxygens (including phenoxy) is 1. The number of nitrogens with one attached hydrogen (secondary N) is 1. The summed E-state index contributed by atoms with van der Waals surface area (Å²) >= 11 is 0. The molecule has 2 heterocycles. The molecular formula is C31H23N9O3. The molecule has 0 bridgehead atoms. The fraction of sp³-hybridized carbons (Fsp3) is 0.0323. The van der Waals surface area contributed by atoms with Crippen molar-refractivity contribution < 1.29 is 9.66 Å². The first-order valence-electron chi connectivity index (χ1n) is 13.2. The minimum atomic E-state index is -0.448. The number of hydrogen-bond donors (Lipinski definition) is 1. The van der Waals surface area contributed by atoms with Crippen molar-refractivity contribution in [1.82, 2.24) is 30.2 Å². The molecule has 6 rings (SSSR count). The maximum Gasteiger partial charge on any atom is 0.269 e. The Hall–Kier alpha value is -6.30. The Kier molecular flexibility index (Phi) is 7.80. The maximum absolute atomic E-state index is 10.8. The van der Waals surface area contributed by atoms with Crippen LogP contribution < -0.4 is 10.2 Å². The Bertz CT molecular complexity index is 1860. The summed E-state index contributed by atoms with van der Waals surface area (Å²) in [6.45, 7) is 0.203. The molecule has 0 atom stereocenters. The first-order valence-corrected chi connectivity index (χ1v) is 13.2. The SMILES string of the molecule is O=[N+]([O-])c1ccc(-n2cc(COc3ccc(/C=N/Nc4nnc(-c5ccccc5)c(-c5ccccc5)n4)cc3)nn2)cc1. The quantitative estimate of drug-likeness (QED) is 0.124. The summed E-state index contributed by atoms with van der Waals surface area (Å²) < 4.78 is 7.36. The number of nitro benzene ring substituents is 1. The van der Waals surface area contributed by atoms with Crippen molar-refractivity contribution in [3.8, 4) is 34.0 Å². The average molecular weight is 570 g/mol. The molecule has 12 heteroatoms. The lowest BCUT2D eigenvalue weighted by atomic mass is 10.0. The van der Waals surface area contributed by atoms with Crippen LogP contribution >= 0.6 is 0 Å². The highest BCUT2D eigenvalue weighted by atomic mass is 16.6. The summed E-state index contributed by atoms with van der Waals surface area (Å²) in [6, 6.07) is 33.0.